The highest BCUT2D eigenvalue weighted by molar-refractivity contribution is 5.96. The molecule has 0 unspecified atom stereocenters. The van der Waals surface area contributed by atoms with Gasteiger partial charge in [-0.2, -0.15) is 0 Å². The molecule has 0 aromatic heterocycles. The molecule has 6 N–H and O–H groups in total. The summed E-state index contributed by atoms with van der Waals surface area (Å²) in [5, 5.41) is 5.58. The Hall–Kier alpha value is -2.24. The monoisotopic (exact) mass is 264 g/mol. The number of nitrogens with two attached hydrogens (primary N) is 2. The molecule has 0 radical (unpaired) electrons. The van der Waals surface area contributed by atoms with E-state index in [1.807, 2.05) is 0 Å². The minimum atomic E-state index is -0.675. The number of primary amides is 1. The highest BCUT2D eigenvalue weighted by atomic mass is 16.2. The summed E-state index contributed by atoms with van der Waals surface area (Å²) in [6.07, 6.45) is 0. The zero-order valence-corrected chi connectivity index (χ0v) is 11.4. The lowest BCUT2D eigenvalue weighted by molar-refractivity contribution is -0.125. The van der Waals surface area contributed by atoms with Gasteiger partial charge in [0, 0.05) is 19.2 Å². The Kier molecular flexibility index (Phi) is 4.37. The first kappa shape index (κ1) is 14.8. The van der Waals surface area contributed by atoms with Gasteiger partial charge in [-0.1, -0.05) is 0 Å². The molecule has 6 heteroatoms. The fourth-order valence-electron chi connectivity index (χ4n) is 1.41. The van der Waals surface area contributed by atoms with Crippen molar-refractivity contribution in [3.63, 3.8) is 0 Å². The van der Waals surface area contributed by atoms with Crippen molar-refractivity contribution in [3.05, 3.63) is 23.8 Å². The van der Waals surface area contributed by atoms with Gasteiger partial charge in [-0.3, -0.25) is 9.59 Å². The van der Waals surface area contributed by atoms with E-state index in [4.69, 9.17) is 11.5 Å². The molecule has 0 aliphatic carbocycles. The van der Waals surface area contributed by atoms with Crippen LogP contribution >= 0.6 is 0 Å². The van der Waals surface area contributed by atoms with E-state index in [1.165, 1.54) is 0 Å². The molecule has 19 heavy (non-hydrogen) atoms. The number of nitrogen functional groups attached to an aromatic ring is 1. The van der Waals surface area contributed by atoms with Gasteiger partial charge in [0.1, 0.15) is 0 Å². The molecule has 0 saturated heterocycles. The number of hydrogen-bond donors (Lipinski definition) is 4. The molecule has 1 aromatic carbocycles. The first-order valence-corrected chi connectivity index (χ1v) is 5.93. The van der Waals surface area contributed by atoms with Crippen LogP contribution in [0.15, 0.2) is 18.2 Å². The predicted octanol–water partition coefficient (Wildman–Crippen LogP) is 0.552. The molecular formula is C13H20N4O2. The number of anilines is 2. The summed E-state index contributed by atoms with van der Waals surface area (Å²) in [5.41, 5.74) is 12.1. The molecule has 104 valence electrons. The average Bonchev–Trinajstić information content (AvgIpc) is 2.36. The van der Waals surface area contributed by atoms with Crippen LogP contribution in [0.3, 0.4) is 0 Å². The smallest absolute Gasteiger partial charge is 0.251 e. The van der Waals surface area contributed by atoms with Crippen LogP contribution in [0.4, 0.5) is 11.4 Å². The number of carbonyl (C=O) groups excluding carboxylic acids is 2. The standard InChI is InChI=1S/C13H20N4O2/c1-13(2,12(15)19)7-17-10-5-4-8(6-9(10)14)11(18)16-3/h4-6,17H,7,14H2,1-3H3,(H2,15,19)(H,16,18). The maximum atomic E-state index is 11.4. The molecule has 0 atom stereocenters. The van der Waals surface area contributed by atoms with Crippen LogP contribution in [0.2, 0.25) is 0 Å². The summed E-state index contributed by atoms with van der Waals surface area (Å²) >= 11 is 0. The van der Waals surface area contributed by atoms with Crippen molar-refractivity contribution in [2.45, 2.75) is 13.8 Å². The van der Waals surface area contributed by atoms with Crippen molar-refractivity contribution in [3.8, 4) is 0 Å². The Morgan fingerprint density at radius 2 is 1.95 bits per heavy atom. The van der Waals surface area contributed by atoms with Gasteiger partial charge in [-0.25, -0.2) is 0 Å². The molecule has 0 aliphatic heterocycles. The third-order valence-electron chi connectivity index (χ3n) is 2.93. The van der Waals surface area contributed by atoms with Crippen molar-refractivity contribution in [1.82, 2.24) is 5.32 Å². The quantitative estimate of drug-likeness (QED) is 0.582. The lowest BCUT2D eigenvalue weighted by atomic mass is 9.92. The Bertz CT molecular complexity index is 497. The van der Waals surface area contributed by atoms with Crippen LogP contribution in [0.25, 0.3) is 0 Å². The molecule has 0 spiro atoms. The van der Waals surface area contributed by atoms with E-state index in [-0.39, 0.29) is 11.8 Å². The summed E-state index contributed by atoms with van der Waals surface area (Å²) in [6, 6.07) is 4.95. The highest BCUT2D eigenvalue weighted by Gasteiger charge is 2.24. The number of rotatable bonds is 5. The summed E-state index contributed by atoms with van der Waals surface area (Å²) in [5.74, 6) is -0.587. The van der Waals surface area contributed by atoms with Crippen molar-refractivity contribution >= 4 is 23.2 Å². The first-order valence-electron chi connectivity index (χ1n) is 5.93. The lowest BCUT2D eigenvalue weighted by Crippen LogP contribution is -2.37. The molecule has 1 rings (SSSR count). The van der Waals surface area contributed by atoms with Crippen LogP contribution < -0.4 is 22.1 Å². The fourth-order valence-corrected chi connectivity index (χ4v) is 1.41. The van der Waals surface area contributed by atoms with Gasteiger partial charge in [0.2, 0.25) is 5.91 Å². The average molecular weight is 264 g/mol. The normalized spacial score (nSPS) is 10.9. The van der Waals surface area contributed by atoms with Gasteiger partial charge in [0.15, 0.2) is 0 Å². The summed E-state index contributed by atoms with van der Waals surface area (Å²) in [4.78, 5) is 22.6. The number of nitrogens with one attached hydrogen (secondary N) is 2. The fraction of sp³-hybridized carbons (Fsp3) is 0.385. The second-order valence-electron chi connectivity index (χ2n) is 4.98. The predicted molar refractivity (Wildman–Crippen MR) is 75.7 cm³/mol. The summed E-state index contributed by atoms with van der Waals surface area (Å²) < 4.78 is 0. The molecular weight excluding hydrogens is 244 g/mol. The zero-order chi connectivity index (χ0) is 14.6. The molecule has 0 saturated carbocycles. The molecule has 6 nitrogen and oxygen atoms in total. The van der Waals surface area contributed by atoms with E-state index >= 15 is 0 Å². The topological polar surface area (TPSA) is 110 Å². The van der Waals surface area contributed by atoms with Gasteiger partial charge in [0.05, 0.1) is 16.8 Å². The number of benzene rings is 1. The first-order chi connectivity index (χ1) is 8.77. The SMILES string of the molecule is CNC(=O)c1ccc(NCC(C)(C)C(N)=O)c(N)c1. The molecule has 0 bridgehead atoms. The lowest BCUT2D eigenvalue weighted by Gasteiger charge is -2.22. The van der Waals surface area contributed by atoms with E-state index < -0.39 is 5.41 Å². The zero-order valence-electron chi connectivity index (χ0n) is 11.4. The van der Waals surface area contributed by atoms with Crippen LogP contribution in [-0.4, -0.2) is 25.4 Å². The summed E-state index contributed by atoms with van der Waals surface area (Å²) in [7, 11) is 1.56. The van der Waals surface area contributed by atoms with E-state index in [0.29, 0.717) is 23.5 Å². The van der Waals surface area contributed by atoms with Crippen LogP contribution in [0, 0.1) is 5.41 Å². The Morgan fingerprint density at radius 1 is 1.32 bits per heavy atom. The summed E-state index contributed by atoms with van der Waals surface area (Å²) in [6.45, 7) is 3.86. The molecule has 0 aliphatic rings. The highest BCUT2D eigenvalue weighted by Crippen LogP contribution is 2.22. The molecule has 1 aromatic rings. The third kappa shape index (κ3) is 3.61. The van der Waals surface area contributed by atoms with E-state index in [0.717, 1.165) is 0 Å². The Morgan fingerprint density at radius 3 is 2.42 bits per heavy atom. The van der Waals surface area contributed by atoms with Gasteiger partial charge in [-0.05, 0) is 32.0 Å². The number of carbonyl (C=O) groups is 2. The molecule has 0 fully saturated rings. The van der Waals surface area contributed by atoms with Gasteiger partial charge < -0.3 is 22.1 Å². The van der Waals surface area contributed by atoms with Crippen LogP contribution in [0.5, 0.6) is 0 Å². The van der Waals surface area contributed by atoms with Crippen molar-refractivity contribution in [2.75, 3.05) is 24.6 Å². The second kappa shape index (κ2) is 5.60. The van der Waals surface area contributed by atoms with Crippen molar-refractivity contribution < 1.29 is 9.59 Å². The van der Waals surface area contributed by atoms with Crippen LogP contribution in [0.1, 0.15) is 24.2 Å². The van der Waals surface area contributed by atoms with E-state index in [9.17, 15) is 9.59 Å². The van der Waals surface area contributed by atoms with E-state index in [2.05, 4.69) is 10.6 Å². The van der Waals surface area contributed by atoms with Gasteiger partial charge in [0.25, 0.3) is 5.91 Å². The molecule has 2 amide bonds. The maximum absolute atomic E-state index is 11.4. The number of hydrogen-bond acceptors (Lipinski definition) is 4. The largest absolute Gasteiger partial charge is 0.397 e. The van der Waals surface area contributed by atoms with Crippen LogP contribution in [-0.2, 0) is 4.79 Å². The maximum Gasteiger partial charge on any atom is 0.251 e. The number of amides is 2. The van der Waals surface area contributed by atoms with E-state index in [1.54, 1.807) is 39.1 Å². The van der Waals surface area contributed by atoms with Crippen molar-refractivity contribution in [1.29, 1.82) is 0 Å². The van der Waals surface area contributed by atoms with Gasteiger partial charge >= 0.3 is 0 Å². The Labute approximate surface area is 112 Å². The third-order valence-corrected chi connectivity index (χ3v) is 2.93. The minimum absolute atomic E-state index is 0.198. The molecule has 0 heterocycles. The minimum Gasteiger partial charge on any atom is -0.397 e. The Balaban J connectivity index is 2.81. The second-order valence-corrected chi connectivity index (χ2v) is 4.98. The van der Waals surface area contributed by atoms with Crippen molar-refractivity contribution in [2.24, 2.45) is 11.1 Å². The van der Waals surface area contributed by atoms with Gasteiger partial charge in [-0.15, -0.1) is 0 Å².